The Labute approximate surface area is 142 Å². The number of hydrazone groups is 1. The Morgan fingerprint density at radius 2 is 1.88 bits per heavy atom. The van der Waals surface area contributed by atoms with Gasteiger partial charge in [0.1, 0.15) is 0 Å². The lowest BCUT2D eigenvalue weighted by Crippen LogP contribution is -2.28. The number of hydrogen-bond donors (Lipinski definition) is 0. The maximum Gasteiger partial charge on any atom is 0.311 e. The second-order valence-electron chi connectivity index (χ2n) is 6.42. The highest BCUT2D eigenvalue weighted by atomic mass is 16.6. The number of allylic oxidation sites excluding steroid dienone is 2. The topological polar surface area (TPSA) is 102 Å². The Morgan fingerprint density at radius 1 is 1.24 bits per heavy atom. The third-order valence-electron chi connectivity index (χ3n) is 5.17. The summed E-state index contributed by atoms with van der Waals surface area (Å²) in [6.45, 7) is 0. The molecule has 4 unspecified atom stereocenters. The Kier molecular flexibility index (Phi) is 3.41. The number of nitrogens with zero attached hydrogens (tertiary/aromatic N) is 3. The molecular weight excluding hydrogens is 326 g/mol. The zero-order valence-corrected chi connectivity index (χ0v) is 13.4. The summed E-state index contributed by atoms with van der Waals surface area (Å²) in [5.41, 5.74) is 0.205. The van der Waals surface area contributed by atoms with Gasteiger partial charge < -0.3 is 4.74 Å². The number of amides is 2. The average molecular weight is 341 g/mol. The number of imide groups is 1. The SMILES string of the molecule is COc1ccc(/C=N/N2C(=O)C3C4C=CC(C4)C3C2=O)cc1[N+](=O)[O-]. The number of ether oxygens (including phenoxy) is 1. The van der Waals surface area contributed by atoms with Gasteiger partial charge >= 0.3 is 5.69 Å². The van der Waals surface area contributed by atoms with Crippen LogP contribution in [0.4, 0.5) is 5.69 Å². The quantitative estimate of drug-likeness (QED) is 0.273. The number of hydrogen-bond acceptors (Lipinski definition) is 6. The lowest BCUT2D eigenvalue weighted by molar-refractivity contribution is -0.385. The van der Waals surface area contributed by atoms with Gasteiger partial charge in [0.2, 0.25) is 0 Å². The van der Waals surface area contributed by atoms with Gasteiger partial charge in [0.25, 0.3) is 11.8 Å². The Morgan fingerprint density at radius 3 is 2.44 bits per heavy atom. The molecule has 3 aliphatic rings. The van der Waals surface area contributed by atoms with Crippen molar-refractivity contribution in [2.45, 2.75) is 6.42 Å². The molecule has 1 aromatic carbocycles. The number of methoxy groups -OCH3 is 1. The predicted molar refractivity (Wildman–Crippen MR) is 86.8 cm³/mol. The van der Waals surface area contributed by atoms with Crippen molar-refractivity contribution >= 4 is 23.7 Å². The van der Waals surface area contributed by atoms with E-state index in [2.05, 4.69) is 5.10 Å². The van der Waals surface area contributed by atoms with Gasteiger partial charge in [-0.2, -0.15) is 10.1 Å². The Hall–Kier alpha value is -3.03. The molecule has 0 aromatic heterocycles. The minimum Gasteiger partial charge on any atom is -0.490 e. The largest absolute Gasteiger partial charge is 0.490 e. The summed E-state index contributed by atoms with van der Waals surface area (Å²) in [6.07, 6.45) is 6.17. The number of benzene rings is 1. The molecule has 128 valence electrons. The molecule has 1 aliphatic heterocycles. The van der Waals surface area contributed by atoms with Gasteiger partial charge in [-0.05, 0) is 30.4 Å². The molecule has 4 atom stereocenters. The number of carbonyl (C=O) groups is 2. The van der Waals surface area contributed by atoms with E-state index in [0.29, 0.717) is 5.56 Å². The first-order valence-corrected chi connectivity index (χ1v) is 7.94. The van der Waals surface area contributed by atoms with Crippen LogP contribution in [0.25, 0.3) is 0 Å². The van der Waals surface area contributed by atoms with Crippen LogP contribution >= 0.6 is 0 Å². The van der Waals surface area contributed by atoms with E-state index in [1.54, 1.807) is 6.07 Å². The normalized spacial score (nSPS) is 29.7. The number of rotatable bonds is 4. The van der Waals surface area contributed by atoms with Gasteiger partial charge in [-0.25, -0.2) is 0 Å². The summed E-state index contributed by atoms with van der Waals surface area (Å²) in [5, 5.41) is 16.0. The first-order valence-electron chi connectivity index (χ1n) is 7.94. The molecular formula is C17H15N3O5. The first-order chi connectivity index (χ1) is 12.0. The van der Waals surface area contributed by atoms with E-state index in [1.165, 1.54) is 25.5 Å². The molecule has 1 heterocycles. The fraction of sp³-hybridized carbons (Fsp3) is 0.353. The van der Waals surface area contributed by atoms with E-state index >= 15 is 0 Å². The predicted octanol–water partition coefficient (Wildman–Crippen LogP) is 1.74. The minimum atomic E-state index is -0.559. The molecule has 0 N–H and O–H groups in total. The molecule has 0 radical (unpaired) electrons. The summed E-state index contributed by atoms with van der Waals surface area (Å²) in [7, 11) is 1.35. The van der Waals surface area contributed by atoms with E-state index in [-0.39, 0.29) is 46.9 Å². The third-order valence-corrected chi connectivity index (χ3v) is 5.17. The van der Waals surface area contributed by atoms with Crippen molar-refractivity contribution < 1.29 is 19.2 Å². The average Bonchev–Trinajstić information content (AvgIpc) is 3.28. The highest BCUT2D eigenvalue weighted by Gasteiger charge is 2.59. The number of carbonyl (C=O) groups excluding carboxylic acids is 2. The van der Waals surface area contributed by atoms with Gasteiger partial charge in [-0.15, -0.1) is 0 Å². The van der Waals surface area contributed by atoms with Crippen molar-refractivity contribution in [2.75, 3.05) is 7.11 Å². The van der Waals surface area contributed by atoms with Gasteiger partial charge in [-0.1, -0.05) is 12.2 Å². The molecule has 2 aliphatic carbocycles. The second kappa shape index (κ2) is 5.51. The maximum atomic E-state index is 12.5. The van der Waals surface area contributed by atoms with Crippen LogP contribution in [-0.4, -0.2) is 35.1 Å². The van der Waals surface area contributed by atoms with Crippen LogP contribution in [0.1, 0.15) is 12.0 Å². The molecule has 2 fully saturated rings. The molecule has 0 spiro atoms. The molecule has 1 saturated carbocycles. The molecule has 8 nitrogen and oxygen atoms in total. The molecule has 25 heavy (non-hydrogen) atoms. The van der Waals surface area contributed by atoms with Crippen molar-refractivity contribution in [3.05, 3.63) is 46.0 Å². The third kappa shape index (κ3) is 2.25. The van der Waals surface area contributed by atoms with Gasteiger partial charge in [-0.3, -0.25) is 19.7 Å². The fourth-order valence-electron chi connectivity index (χ4n) is 4.05. The van der Waals surface area contributed by atoms with Crippen LogP contribution in [0.5, 0.6) is 5.75 Å². The standard InChI is InChI=1S/C17H15N3O5/c1-25-13-5-2-9(6-12(13)20(23)24)8-18-19-16(21)14-10-3-4-11(7-10)15(14)17(19)22/h2-6,8,10-11,14-15H,7H2,1H3/b18-8+. The van der Waals surface area contributed by atoms with Crippen LogP contribution < -0.4 is 4.74 Å². The van der Waals surface area contributed by atoms with Gasteiger partial charge in [0, 0.05) is 11.6 Å². The molecule has 1 saturated heterocycles. The Bertz CT molecular complexity index is 817. The Balaban J connectivity index is 1.59. The highest BCUT2D eigenvalue weighted by Crippen LogP contribution is 2.52. The van der Waals surface area contributed by atoms with Crippen LogP contribution in [0, 0.1) is 33.8 Å². The van der Waals surface area contributed by atoms with Crippen molar-refractivity contribution in [2.24, 2.45) is 28.8 Å². The van der Waals surface area contributed by atoms with Crippen molar-refractivity contribution in [3.8, 4) is 5.75 Å². The van der Waals surface area contributed by atoms with E-state index < -0.39 is 4.92 Å². The molecule has 2 amide bonds. The summed E-state index contributed by atoms with van der Waals surface area (Å²) < 4.78 is 4.94. The molecule has 1 aromatic rings. The van der Waals surface area contributed by atoms with Crippen LogP contribution in [0.2, 0.25) is 0 Å². The second-order valence-corrected chi connectivity index (χ2v) is 6.42. The first kappa shape index (κ1) is 15.5. The van der Waals surface area contributed by atoms with Crippen molar-refractivity contribution in [1.82, 2.24) is 5.01 Å². The number of nitro benzene ring substituents is 1. The zero-order valence-electron chi connectivity index (χ0n) is 13.4. The van der Waals surface area contributed by atoms with E-state index in [1.807, 2.05) is 12.2 Å². The lowest BCUT2D eigenvalue weighted by atomic mass is 9.85. The number of fused-ring (bicyclic) bond motifs is 5. The lowest BCUT2D eigenvalue weighted by Gasteiger charge is -2.13. The van der Waals surface area contributed by atoms with Crippen LogP contribution in [-0.2, 0) is 9.59 Å². The smallest absolute Gasteiger partial charge is 0.311 e. The van der Waals surface area contributed by atoms with Crippen LogP contribution in [0.3, 0.4) is 0 Å². The maximum absolute atomic E-state index is 12.5. The van der Waals surface area contributed by atoms with Gasteiger partial charge in [0.05, 0.1) is 30.1 Å². The van der Waals surface area contributed by atoms with Gasteiger partial charge in [0.15, 0.2) is 5.75 Å². The summed E-state index contributed by atoms with van der Waals surface area (Å²) in [4.78, 5) is 35.5. The minimum absolute atomic E-state index is 0.119. The highest BCUT2D eigenvalue weighted by molar-refractivity contribution is 6.06. The van der Waals surface area contributed by atoms with E-state index in [9.17, 15) is 19.7 Å². The zero-order chi connectivity index (χ0) is 17.7. The monoisotopic (exact) mass is 341 g/mol. The summed E-state index contributed by atoms with van der Waals surface area (Å²) >= 11 is 0. The molecule has 2 bridgehead atoms. The summed E-state index contributed by atoms with van der Waals surface area (Å²) in [5.74, 6) is -0.831. The molecule has 8 heteroatoms. The molecule has 4 rings (SSSR count). The fourth-order valence-corrected chi connectivity index (χ4v) is 4.05. The van der Waals surface area contributed by atoms with Crippen molar-refractivity contribution in [1.29, 1.82) is 0 Å². The van der Waals surface area contributed by atoms with Crippen LogP contribution in [0.15, 0.2) is 35.5 Å². The van der Waals surface area contributed by atoms with E-state index in [0.717, 1.165) is 11.4 Å². The van der Waals surface area contributed by atoms with E-state index in [4.69, 9.17) is 4.74 Å². The number of nitro groups is 1. The summed E-state index contributed by atoms with van der Waals surface area (Å²) in [6, 6.07) is 4.32. The van der Waals surface area contributed by atoms with Crippen molar-refractivity contribution in [3.63, 3.8) is 0 Å².